The van der Waals surface area contributed by atoms with Crippen molar-refractivity contribution in [2.24, 2.45) is 0 Å². The highest BCUT2D eigenvalue weighted by atomic mass is 32.2. The second-order valence-electron chi connectivity index (χ2n) is 5.69. The molecular weight excluding hydrogens is 320 g/mol. The Hall–Kier alpha value is -0.170. The van der Waals surface area contributed by atoms with Crippen LogP contribution in [0.3, 0.4) is 0 Å². The normalized spacial score (nSPS) is 54.9. The predicted octanol–water partition coefficient (Wildman–Crippen LogP) is -3.61. The zero-order chi connectivity index (χ0) is 16.8. The molecular formula is C12H22O9S. The summed E-state index contributed by atoms with van der Waals surface area (Å²) < 4.78 is 23.0. The van der Waals surface area contributed by atoms with Gasteiger partial charge in [0.25, 0.3) is 0 Å². The van der Waals surface area contributed by atoms with Crippen molar-refractivity contribution >= 4 is 10.8 Å². The molecule has 2 rings (SSSR count). The van der Waals surface area contributed by atoms with Gasteiger partial charge in [0.05, 0.1) is 23.0 Å². The Morgan fingerprint density at radius 2 is 0.955 bits per heavy atom. The zero-order valence-corrected chi connectivity index (χ0v) is 12.9. The molecule has 9 nitrogen and oxygen atoms in total. The second kappa shape index (κ2) is 6.75. The van der Waals surface area contributed by atoms with Gasteiger partial charge in [0.2, 0.25) is 0 Å². The molecule has 2 unspecified atom stereocenters. The summed E-state index contributed by atoms with van der Waals surface area (Å²) in [6, 6.07) is 0. The van der Waals surface area contributed by atoms with Gasteiger partial charge in [-0.15, -0.1) is 0 Å². The van der Waals surface area contributed by atoms with Crippen molar-refractivity contribution in [3.8, 4) is 0 Å². The van der Waals surface area contributed by atoms with Gasteiger partial charge in [-0.2, -0.15) is 0 Å². The largest absolute Gasteiger partial charge is 0.388 e. The van der Waals surface area contributed by atoms with E-state index in [0.29, 0.717) is 0 Å². The van der Waals surface area contributed by atoms with E-state index in [1.165, 1.54) is 13.8 Å². The first kappa shape index (κ1) is 18.2. The quantitative estimate of drug-likeness (QED) is 0.298. The molecule has 2 heterocycles. The third-order valence-corrected chi connectivity index (χ3v) is 5.77. The molecule has 6 N–H and O–H groups in total. The van der Waals surface area contributed by atoms with Crippen LogP contribution in [0.2, 0.25) is 0 Å². The van der Waals surface area contributed by atoms with Crippen LogP contribution in [0.4, 0.5) is 0 Å². The van der Waals surface area contributed by atoms with Crippen LogP contribution < -0.4 is 0 Å². The topological polar surface area (TPSA) is 157 Å². The molecule has 0 amide bonds. The Morgan fingerprint density at radius 1 is 0.636 bits per heavy atom. The lowest BCUT2D eigenvalue weighted by Gasteiger charge is -2.43. The van der Waals surface area contributed by atoms with E-state index in [1.54, 1.807) is 0 Å². The molecule has 22 heavy (non-hydrogen) atoms. The fraction of sp³-hybridized carbons (Fsp3) is 1.00. The molecule has 2 saturated heterocycles. The average Bonchev–Trinajstić information content (AvgIpc) is 2.49. The van der Waals surface area contributed by atoms with Gasteiger partial charge in [0, 0.05) is 0 Å². The van der Waals surface area contributed by atoms with E-state index in [1.807, 2.05) is 0 Å². The van der Waals surface area contributed by atoms with Gasteiger partial charge < -0.3 is 40.1 Å². The van der Waals surface area contributed by atoms with Crippen LogP contribution in [0.5, 0.6) is 0 Å². The van der Waals surface area contributed by atoms with E-state index in [2.05, 4.69) is 0 Å². The number of rotatable bonds is 2. The number of ether oxygens (including phenoxy) is 2. The van der Waals surface area contributed by atoms with Crippen molar-refractivity contribution in [3.63, 3.8) is 0 Å². The van der Waals surface area contributed by atoms with Crippen molar-refractivity contribution in [2.45, 2.75) is 73.6 Å². The van der Waals surface area contributed by atoms with Crippen molar-refractivity contribution in [1.29, 1.82) is 0 Å². The Labute approximate surface area is 129 Å². The van der Waals surface area contributed by atoms with Crippen molar-refractivity contribution < 1.29 is 44.3 Å². The van der Waals surface area contributed by atoms with E-state index >= 15 is 0 Å². The molecule has 0 aromatic carbocycles. The van der Waals surface area contributed by atoms with E-state index in [-0.39, 0.29) is 0 Å². The third kappa shape index (κ3) is 3.07. The molecule has 2 fully saturated rings. The highest BCUT2D eigenvalue weighted by Gasteiger charge is 2.51. The summed E-state index contributed by atoms with van der Waals surface area (Å²) >= 11 is 0. The molecule has 0 aromatic heterocycles. The molecule has 2 aliphatic rings. The van der Waals surface area contributed by atoms with Crippen molar-refractivity contribution in [2.75, 3.05) is 0 Å². The maximum Gasteiger partial charge on any atom is 0.164 e. The van der Waals surface area contributed by atoms with E-state index in [9.17, 15) is 34.8 Å². The summed E-state index contributed by atoms with van der Waals surface area (Å²) in [6.07, 6.45) is -10.9. The van der Waals surface area contributed by atoms with Crippen molar-refractivity contribution in [1.82, 2.24) is 0 Å². The molecule has 130 valence electrons. The third-order valence-electron chi connectivity index (χ3n) is 4.07. The lowest BCUT2D eigenvalue weighted by molar-refractivity contribution is -0.204. The average molecular weight is 342 g/mol. The second-order valence-corrected chi connectivity index (χ2v) is 7.28. The van der Waals surface area contributed by atoms with Crippen LogP contribution in [0.25, 0.3) is 0 Å². The first-order valence-electron chi connectivity index (χ1n) is 6.95. The molecule has 2 aliphatic heterocycles. The van der Waals surface area contributed by atoms with Crippen LogP contribution in [0.15, 0.2) is 0 Å². The summed E-state index contributed by atoms with van der Waals surface area (Å²) in [5.41, 5.74) is -2.83. The molecule has 0 bridgehead atoms. The van der Waals surface area contributed by atoms with E-state index < -0.39 is 70.5 Å². The van der Waals surface area contributed by atoms with Gasteiger partial charge in [-0.25, -0.2) is 0 Å². The fourth-order valence-electron chi connectivity index (χ4n) is 2.54. The number of aliphatic hydroxyl groups is 6. The Morgan fingerprint density at radius 3 is 1.27 bits per heavy atom. The van der Waals surface area contributed by atoms with Crippen LogP contribution >= 0.6 is 0 Å². The summed E-state index contributed by atoms with van der Waals surface area (Å²) in [5.74, 6) is 0. The maximum absolute atomic E-state index is 12.5. The lowest BCUT2D eigenvalue weighted by Crippen LogP contribution is -2.63. The van der Waals surface area contributed by atoms with Gasteiger partial charge in [0.15, 0.2) is 10.9 Å². The van der Waals surface area contributed by atoms with Gasteiger partial charge in [-0.1, -0.05) is 0 Å². The molecule has 0 spiro atoms. The number of aliphatic hydroxyl groups excluding tert-OH is 6. The standard InChI is InChI=1S/C12H22O9S/c1-3-5(13)7(15)9(17)11(20-3)22(19)12-10(18)8(16)6(14)4(2)21-12/h3-18H,1-2H3/t3-,4-,5-,6-,7+,8+,9+,10+,11?,12?,22?/m0/s1. The lowest BCUT2D eigenvalue weighted by atomic mass is 10.0. The van der Waals surface area contributed by atoms with Gasteiger partial charge in [-0.05, 0) is 13.8 Å². The first-order valence-corrected chi connectivity index (χ1v) is 8.23. The SMILES string of the molecule is C[C@@H]1OC(S(=O)C2O[C@@H](C)[C@H](O)[C@@H](O)[C@H]2O)[C@H](O)[C@H](O)[C@H]1O. The van der Waals surface area contributed by atoms with Crippen LogP contribution in [0, 0.1) is 0 Å². The summed E-state index contributed by atoms with van der Waals surface area (Å²) in [6.45, 7) is 2.87. The molecule has 0 aliphatic carbocycles. The molecule has 10 heteroatoms. The van der Waals surface area contributed by atoms with Gasteiger partial charge >= 0.3 is 0 Å². The molecule has 10 atom stereocenters. The van der Waals surface area contributed by atoms with Gasteiger partial charge in [0.1, 0.15) is 36.6 Å². The minimum atomic E-state index is -2.15. The van der Waals surface area contributed by atoms with E-state index in [0.717, 1.165) is 0 Å². The summed E-state index contributed by atoms with van der Waals surface area (Å²) in [4.78, 5) is 0. The summed E-state index contributed by atoms with van der Waals surface area (Å²) in [5, 5.41) is 58.5. The Bertz CT molecular complexity index is 385. The minimum Gasteiger partial charge on any atom is -0.388 e. The van der Waals surface area contributed by atoms with Crippen LogP contribution in [0.1, 0.15) is 13.8 Å². The zero-order valence-electron chi connectivity index (χ0n) is 12.1. The number of hydrogen-bond acceptors (Lipinski definition) is 9. The molecule has 0 radical (unpaired) electrons. The Balaban J connectivity index is 2.16. The van der Waals surface area contributed by atoms with Crippen molar-refractivity contribution in [3.05, 3.63) is 0 Å². The molecule has 0 aromatic rings. The summed E-state index contributed by atoms with van der Waals surface area (Å²) in [7, 11) is -2.15. The monoisotopic (exact) mass is 342 g/mol. The smallest absolute Gasteiger partial charge is 0.164 e. The van der Waals surface area contributed by atoms with E-state index in [4.69, 9.17) is 9.47 Å². The van der Waals surface area contributed by atoms with Gasteiger partial charge in [-0.3, -0.25) is 4.21 Å². The molecule has 0 saturated carbocycles. The van der Waals surface area contributed by atoms with Crippen LogP contribution in [-0.4, -0.2) is 94.6 Å². The minimum absolute atomic E-state index is 0.888. The predicted molar refractivity (Wildman–Crippen MR) is 72.9 cm³/mol. The first-order chi connectivity index (χ1) is 10.2. The Kier molecular flexibility index (Phi) is 5.58. The highest BCUT2D eigenvalue weighted by Crippen LogP contribution is 2.30. The number of hydrogen-bond donors (Lipinski definition) is 6. The fourth-order valence-corrected chi connectivity index (χ4v) is 4.25. The highest BCUT2D eigenvalue weighted by molar-refractivity contribution is 7.86. The maximum atomic E-state index is 12.5. The van der Waals surface area contributed by atoms with Crippen LogP contribution in [-0.2, 0) is 20.3 Å².